The van der Waals surface area contributed by atoms with Crippen molar-refractivity contribution in [2.45, 2.75) is 13.5 Å². The number of rotatable bonds is 6. The van der Waals surface area contributed by atoms with Crippen molar-refractivity contribution in [3.8, 4) is 0 Å². The minimum Gasteiger partial charge on any atom is -0.380 e. The molecule has 1 amide bonds. The SMILES string of the molecule is CCOCCn1c(=NC(=O)c2cc3cc([N+](=O)[O-])ccc3s2)sc2cc(F)ccc21. The molecule has 2 aromatic heterocycles. The molecule has 0 saturated heterocycles. The molecule has 4 aromatic rings. The second-order valence-electron chi connectivity index (χ2n) is 6.35. The van der Waals surface area contributed by atoms with E-state index in [0.717, 1.165) is 10.2 Å². The monoisotopic (exact) mass is 445 g/mol. The van der Waals surface area contributed by atoms with Gasteiger partial charge in [-0.05, 0) is 37.3 Å². The maximum Gasteiger partial charge on any atom is 0.289 e. The van der Waals surface area contributed by atoms with E-state index < -0.39 is 10.8 Å². The maximum atomic E-state index is 13.6. The van der Waals surface area contributed by atoms with Crippen LogP contribution in [0.25, 0.3) is 20.3 Å². The van der Waals surface area contributed by atoms with Crippen LogP contribution in [0.2, 0.25) is 0 Å². The third-order valence-electron chi connectivity index (χ3n) is 4.43. The van der Waals surface area contributed by atoms with Crippen molar-refractivity contribution in [3.63, 3.8) is 0 Å². The average molecular weight is 445 g/mol. The van der Waals surface area contributed by atoms with Gasteiger partial charge in [-0.15, -0.1) is 11.3 Å². The highest BCUT2D eigenvalue weighted by atomic mass is 32.1. The fourth-order valence-electron chi connectivity index (χ4n) is 3.04. The van der Waals surface area contributed by atoms with Crippen LogP contribution in [0.15, 0.2) is 47.5 Å². The van der Waals surface area contributed by atoms with Gasteiger partial charge in [0, 0.05) is 35.4 Å². The van der Waals surface area contributed by atoms with Crippen molar-refractivity contribution in [1.29, 1.82) is 0 Å². The molecule has 0 N–H and O–H groups in total. The third kappa shape index (κ3) is 4.02. The number of hydrogen-bond donors (Lipinski definition) is 0. The van der Waals surface area contributed by atoms with Crippen molar-refractivity contribution >= 4 is 54.6 Å². The smallest absolute Gasteiger partial charge is 0.289 e. The van der Waals surface area contributed by atoms with Gasteiger partial charge in [-0.3, -0.25) is 14.9 Å². The number of carbonyl (C=O) groups excluding carboxylic acids is 1. The van der Waals surface area contributed by atoms with Crippen LogP contribution in [0.4, 0.5) is 10.1 Å². The number of non-ortho nitro benzene ring substituents is 1. The largest absolute Gasteiger partial charge is 0.380 e. The molecule has 0 fully saturated rings. The molecule has 0 aliphatic carbocycles. The predicted molar refractivity (Wildman–Crippen MR) is 115 cm³/mol. The third-order valence-corrected chi connectivity index (χ3v) is 6.57. The average Bonchev–Trinajstić information content (AvgIpc) is 3.28. The zero-order valence-corrected chi connectivity index (χ0v) is 17.5. The minimum atomic E-state index is -0.472. The number of halogens is 1. The van der Waals surface area contributed by atoms with Gasteiger partial charge in [0.2, 0.25) is 0 Å². The molecule has 0 radical (unpaired) electrons. The van der Waals surface area contributed by atoms with Gasteiger partial charge in [0.15, 0.2) is 4.80 Å². The van der Waals surface area contributed by atoms with Gasteiger partial charge in [-0.1, -0.05) is 11.3 Å². The fraction of sp³-hybridized carbons (Fsp3) is 0.200. The molecular formula is C20H16FN3O4S2. The van der Waals surface area contributed by atoms with Crippen molar-refractivity contribution in [2.75, 3.05) is 13.2 Å². The highest BCUT2D eigenvalue weighted by Crippen LogP contribution is 2.29. The van der Waals surface area contributed by atoms with E-state index in [0.29, 0.717) is 39.5 Å². The van der Waals surface area contributed by atoms with E-state index in [4.69, 9.17) is 4.74 Å². The lowest BCUT2D eigenvalue weighted by Gasteiger charge is -2.05. The summed E-state index contributed by atoms with van der Waals surface area (Å²) in [5.41, 5.74) is 0.746. The number of nitro groups is 1. The summed E-state index contributed by atoms with van der Waals surface area (Å²) in [6, 6.07) is 10.5. The Balaban J connectivity index is 1.76. The van der Waals surface area contributed by atoms with Crippen LogP contribution >= 0.6 is 22.7 Å². The number of nitro benzene ring substituents is 1. The van der Waals surface area contributed by atoms with Gasteiger partial charge < -0.3 is 9.30 Å². The molecule has 7 nitrogen and oxygen atoms in total. The van der Waals surface area contributed by atoms with E-state index in [1.807, 2.05) is 11.5 Å². The minimum absolute atomic E-state index is 0.0310. The summed E-state index contributed by atoms with van der Waals surface area (Å²) in [5, 5.41) is 11.6. The summed E-state index contributed by atoms with van der Waals surface area (Å²) in [6.45, 7) is 3.38. The predicted octanol–water partition coefficient (Wildman–Crippen LogP) is 4.74. The van der Waals surface area contributed by atoms with Gasteiger partial charge in [-0.2, -0.15) is 4.99 Å². The highest BCUT2D eigenvalue weighted by Gasteiger charge is 2.14. The number of thiazole rings is 1. The number of ether oxygens (including phenoxy) is 1. The van der Waals surface area contributed by atoms with Crippen LogP contribution in [0.5, 0.6) is 0 Å². The summed E-state index contributed by atoms with van der Waals surface area (Å²) in [5.74, 6) is -0.805. The summed E-state index contributed by atoms with van der Waals surface area (Å²) in [6.07, 6.45) is 0. The summed E-state index contributed by atoms with van der Waals surface area (Å²) >= 11 is 2.45. The molecule has 30 heavy (non-hydrogen) atoms. The molecule has 0 atom stereocenters. The summed E-state index contributed by atoms with van der Waals surface area (Å²) in [4.78, 5) is 28.4. The van der Waals surface area contributed by atoms with E-state index in [2.05, 4.69) is 4.99 Å². The molecule has 0 spiro atoms. The van der Waals surface area contributed by atoms with E-state index in [-0.39, 0.29) is 11.5 Å². The van der Waals surface area contributed by atoms with Crippen molar-refractivity contribution in [2.24, 2.45) is 4.99 Å². The first-order valence-electron chi connectivity index (χ1n) is 9.10. The Morgan fingerprint density at radius 3 is 2.80 bits per heavy atom. The molecule has 2 heterocycles. The first kappa shape index (κ1) is 20.3. The molecule has 154 valence electrons. The standard InChI is InChI=1S/C20H16FN3O4S2/c1-2-28-8-7-23-15-5-3-13(21)11-17(15)30-20(23)22-19(25)18-10-12-9-14(24(26)27)4-6-16(12)29-18/h3-6,9-11H,2,7-8H2,1H3. The lowest BCUT2D eigenvalue weighted by Crippen LogP contribution is -2.19. The van der Waals surface area contributed by atoms with Crippen LogP contribution < -0.4 is 4.80 Å². The van der Waals surface area contributed by atoms with Gasteiger partial charge in [0.1, 0.15) is 5.82 Å². The first-order valence-corrected chi connectivity index (χ1v) is 10.7. The Labute approximate surface area is 177 Å². The second-order valence-corrected chi connectivity index (χ2v) is 8.44. The molecular weight excluding hydrogens is 429 g/mol. The molecule has 0 saturated carbocycles. The summed E-state index contributed by atoms with van der Waals surface area (Å²) < 4.78 is 22.4. The Hall–Kier alpha value is -2.95. The number of amides is 1. The Kier molecular flexibility index (Phi) is 5.71. The van der Waals surface area contributed by atoms with Crippen LogP contribution in [-0.4, -0.2) is 28.6 Å². The first-order chi connectivity index (χ1) is 14.5. The molecule has 0 aliphatic rings. The molecule has 4 rings (SSSR count). The van der Waals surface area contributed by atoms with Crippen LogP contribution in [-0.2, 0) is 11.3 Å². The zero-order valence-electron chi connectivity index (χ0n) is 15.8. The quantitative estimate of drug-likeness (QED) is 0.244. The molecule has 10 heteroatoms. The normalized spacial score (nSPS) is 12.1. The molecule has 0 aliphatic heterocycles. The number of hydrogen-bond acceptors (Lipinski definition) is 6. The number of carbonyl (C=O) groups is 1. The highest BCUT2D eigenvalue weighted by molar-refractivity contribution is 7.21. The number of thiophene rings is 1. The second kappa shape index (κ2) is 8.42. The van der Waals surface area contributed by atoms with Gasteiger partial charge in [-0.25, -0.2) is 4.39 Å². The van der Waals surface area contributed by atoms with Gasteiger partial charge in [0.25, 0.3) is 11.6 Å². The molecule has 0 unspecified atom stereocenters. The van der Waals surface area contributed by atoms with Crippen molar-refractivity contribution in [1.82, 2.24) is 4.57 Å². The van der Waals surface area contributed by atoms with E-state index in [1.54, 1.807) is 18.2 Å². The molecule has 2 aromatic carbocycles. The lowest BCUT2D eigenvalue weighted by atomic mass is 10.2. The summed E-state index contributed by atoms with van der Waals surface area (Å²) in [7, 11) is 0. The zero-order chi connectivity index (χ0) is 21.3. The Morgan fingerprint density at radius 2 is 2.03 bits per heavy atom. The van der Waals surface area contributed by atoms with E-state index in [1.165, 1.54) is 46.9 Å². The van der Waals surface area contributed by atoms with Crippen molar-refractivity contribution in [3.05, 3.63) is 68.1 Å². The maximum absolute atomic E-state index is 13.6. The van der Waals surface area contributed by atoms with Gasteiger partial charge >= 0.3 is 0 Å². The van der Waals surface area contributed by atoms with E-state index in [9.17, 15) is 19.3 Å². The Morgan fingerprint density at radius 1 is 1.20 bits per heavy atom. The van der Waals surface area contributed by atoms with E-state index >= 15 is 0 Å². The van der Waals surface area contributed by atoms with Crippen LogP contribution in [0.1, 0.15) is 16.6 Å². The van der Waals surface area contributed by atoms with Crippen LogP contribution in [0, 0.1) is 15.9 Å². The number of fused-ring (bicyclic) bond motifs is 2. The van der Waals surface area contributed by atoms with Gasteiger partial charge in [0.05, 0.1) is 26.6 Å². The topological polar surface area (TPSA) is 86.7 Å². The number of nitrogens with zero attached hydrogens (tertiary/aromatic N) is 3. The number of benzene rings is 2. The lowest BCUT2D eigenvalue weighted by molar-refractivity contribution is -0.384. The van der Waals surface area contributed by atoms with Crippen molar-refractivity contribution < 1.29 is 18.8 Å². The fourth-order valence-corrected chi connectivity index (χ4v) is 5.05. The molecule has 0 bridgehead atoms. The van der Waals surface area contributed by atoms with Crippen LogP contribution in [0.3, 0.4) is 0 Å². The number of aromatic nitrogens is 1. The Bertz CT molecular complexity index is 1340.